The molecule has 4 heteroatoms. The van der Waals surface area contributed by atoms with Gasteiger partial charge in [0.2, 0.25) is 0 Å². The molecule has 2 heterocycles. The number of anilines is 1. The maximum atomic E-state index is 4.06. The van der Waals surface area contributed by atoms with Crippen LogP contribution in [0.3, 0.4) is 0 Å². The van der Waals surface area contributed by atoms with Crippen LogP contribution >= 0.6 is 24.8 Å². The van der Waals surface area contributed by atoms with E-state index in [1.54, 1.807) is 0 Å². The van der Waals surface area contributed by atoms with Crippen molar-refractivity contribution in [2.45, 2.75) is 12.8 Å². The predicted octanol–water partition coefficient (Wildman–Crippen LogP) is 2.28. The molecule has 0 aliphatic carbocycles. The van der Waals surface area contributed by atoms with E-state index in [2.05, 4.69) is 10.3 Å². The lowest BCUT2D eigenvalue weighted by Gasteiger charge is -2.16. The third kappa shape index (κ3) is 2.26. The van der Waals surface area contributed by atoms with Gasteiger partial charge in [0, 0.05) is 24.6 Å². The van der Waals surface area contributed by atoms with Gasteiger partial charge in [-0.25, -0.2) is 0 Å². The smallest absolute Gasteiger partial charge is 0.0403 e. The minimum absolute atomic E-state index is 0. The van der Waals surface area contributed by atoms with Gasteiger partial charge in [0.25, 0.3) is 0 Å². The Labute approximate surface area is 84.6 Å². The molecule has 1 N–H and O–H groups in total. The highest BCUT2D eigenvalue weighted by Gasteiger charge is 2.05. The third-order valence-electron chi connectivity index (χ3n) is 1.84. The molecule has 1 aromatic heterocycles. The van der Waals surface area contributed by atoms with E-state index >= 15 is 0 Å². The normalized spacial score (nSPS) is 13.0. The van der Waals surface area contributed by atoms with Crippen LogP contribution in [0.1, 0.15) is 12.0 Å². The zero-order valence-corrected chi connectivity index (χ0v) is 8.25. The lowest BCUT2D eigenvalue weighted by molar-refractivity contribution is 0.824. The SMILES string of the molecule is Cl.Cl.c1cc2c(cn1)CCCN2. The summed E-state index contributed by atoms with van der Waals surface area (Å²) in [5.74, 6) is 0. The maximum absolute atomic E-state index is 4.06. The van der Waals surface area contributed by atoms with Crippen LogP contribution in [0.2, 0.25) is 0 Å². The largest absolute Gasteiger partial charge is 0.385 e. The molecule has 0 amide bonds. The van der Waals surface area contributed by atoms with E-state index in [1.165, 1.54) is 24.1 Å². The van der Waals surface area contributed by atoms with Gasteiger partial charge in [0.15, 0.2) is 0 Å². The van der Waals surface area contributed by atoms with Crippen molar-refractivity contribution >= 4 is 30.5 Å². The van der Waals surface area contributed by atoms with Gasteiger partial charge in [-0.1, -0.05) is 0 Å². The fourth-order valence-corrected chi connectivity index (χ4v) is 1.30. The van der Waals surface area contributed by atoms with E-state index in [1.807, 2.05) is 18.5 Å². The van der Waals surface area contributed by atoms with E-state index in [9.17, 15) is 0 Å². The van der Waals surface area contributed by atoms with Crippen LogP contribution in [0.4, 0.5) is 5.69 Å². The quantitative estimate of drug-likeness (QED) is 0.705. The number of hydrogen-bond donors (Lipinski definition) is 1. The van der Waals surface area contributed by atoms with E-state index in [0.717, 1.165) is 6.54 Å². The first-order valence-electron chi connectivity index (χ1n) is 3.63. The number of nitrogens with zero attached hydrogens (tertiary/aromatic N) is 1. The summed E-state index contributed by atoms with van der Waals surface area (Å²) in [6.07, 6.45) is 6.19. The number of hydrogen-bond acceptors (Lipinski definition) is 2. The van der Waals surface area contributed by atoms with Crippen molar-refractivity contribution < 1.29 is 0 Å². The van der Waals surface area contributed by atoms with Crippen LogP contribution in [0.15, 0.2) is 18.5 Å². The molecule has 0 radical (unpaired) electrons. The average molecular weight is 207 g/mol. The monoisotopic (exact) mass is 206 g/mol. The molecule has 0 fully saturated rings. The first-order valence-corrected chi connectivity index (χ1v) is 3.63. The zero-order chi connectivity index (χ0) is 6.81. The summed E-state index contributed by atoms with van der Waals surface area (Å²) in [6.45, 7) is 1.11. The molecule has 1 aliphatic heterocycles. The van der Waals surface area contributed by atoms with E-state index in [-0.39, 0.29) is 24.8 Å². The highest BCUT2D eigenvalue weighted by Crippen LogP contribution is 2.18. The molecule has 0 atom stereocenters. The number of rotatable bonds is 0. The molecule has 1 aliphatic rings. The standard InChI is InChI=1S/C8H10N2.2ClH/c1-2-7-6-9-5-3-8(7)10-4-1;;/h3,5-6,10H,1-2,4H2;2*1H. The van der Waals surface area contributed by atoms with Crippen molar-refractivity contribution in [3.8, 4) is 0 Å². The third-order valence-corrected chi connectivity index (χ3v) is 1.84. The molecule has 0 spiro atoms. The molecular weight excluding hydrogens is 195 g/mol. The molecule has 12 heavy (non-hydrogen) atoms. The summed E-state index contributed by atoms with van der Waals surface area (Å²) < 4.78 is 0. The number of aromatic nitrogens is 1. The molecule has 0 bridgehead atoms. The molecule has 0 saturated carbocycles. The number of pyridine rings is 1. The minimum atomic E-state index is 0. The molecule has 68 valence electrons. The molecule has 0 aromatic carbocycles. The fraction of sp³-hybridized carbons (Fsp3) is 0.375. The highest BCUT2D eigenvalue weighted by atomic mass is 35.5. The second kappa shape index (κ2) is 5.22. The van der Waals surface area contributed by atoms with Gasteiger partial charge in [-0.3, -0.25) is 4.98 Å². The van der Waals surface area contributed by atoms with Crippen molar-refractivity contribution in [3.05, 3.63) is 24.0 Å². The van der Waals surface area contributed by atoms with Gasteiger partial charge in [-0.2, -0.15) is 0 Å². The first-order chi connectivity index (χ1) is 4.97. The summed E-state index contributed by atoms with van der Waals surface area (Å²) in [5, 5.41) is 3.32. The molecule has 2 rings (SSSR count). The Morgan fingerprint density at radius 2 is 2.17 bits per heavy atom. The number of nitrogens with one attached hydrogen (secondary N) is 1. The van der Waals surface area contributed by atoms with Crippen molar-refractivity contribution in [1.82, 2.24) is 4.98 Å². The van der Waals surface area contributed by atoms with Crippen molar-refractivity contribution in [3.63, 3.8) is 0 Å². The van der Waals surface area contributed by atoms with Crippen LogP contribution < -0.4 is 5.32 Å². The lowest BCUT2D eigenvalue weighted by atomic mass is 10.1. The van der Waals surface area contributed by atoms with Crippen LogP contribution in [0.5, 0.6) is 0 Å². The van der Waals surface area contributed by atoms with Gasteiger partial charge in [0.05, 0.1) is 0 Å². The summed E-state index contributed by atoms with van der Waals surface area (Å²) in [5.41, 5.74) is 2.62. The van der Waals surface area contributed by atoms with Crippen LogP contribution in [-0.2, 0) is 6.42 Å². The Balaban J connectivity index is 0.000000605. The summed E-state index contributed by atoms with van der Waals surface area (Å²) in [6, 6.07) is 2.04. The van der Waals surface area contributed by atoms with Crippen molar-refractivity contribution in [2.24, 2.45) is 0 Å². The Kier molecular flexibility index (Phi) is 5.02. The second-order valence-corrected chi connectivity index (χ2v) is 2.56. The van der Waals surface area contributed by atoms with Gasteiger partial charge < -0.3 is 5.32 Å². The molecular formula is C8H12Cl2N2. The van der Waals surface area contributed by atoms with Crippen LogP contribution in [0.25, 0.3) is 0 Å². The average Bonchev–Trinajstić information content (AvgIpc) is 2.05. The summed E-state index contributed by atoms with van der Waals surface area (Å²) >= 11 is 0. The Hall–Kier alpha value is -0.470. The van der Waals surface area contributed by atoms with Gasteiger partial charge in [0.1, 0.15) is 0 Å². The molecule has 0 unspecified atom stereocenters. The van der Waals surface area contributed by atoms with E-state index in [4.69, 9.17) is 0 Å². The molecule has 0 saturated heterocycles. The molecule has 2 nitrogen and oxygen atoms in total. The van der Waals surface area contributed by atoms with Crippen molar-refractivity contribution in [1.29, 1.82) is 0 Å². The van der Waals surface area contributed by atoms with Gasteiger partial charge >= 0.3 is 0 Å². The van der Waals surface area contributed by atoms with Crippen molar-refractivity contribution in [2.75, 3.05) is 11.9 Å². The minimum Gasteiger partial charge on any atom is -0.385 e. The van der Waals surface area contributed by atoms with E-state index < -0.39 is 0 Å². The maximum Gasteiger partial charge on any atom is 0.0403 e. The van der Waals surface area contributed by atoms with Crippen LogP contribution in [-0.4, -0.2) is 11.5 Å². The van der Waals surface area contributed by atoms with Gasteiger partial charge in [-0.15, -0.1) is 24.8 Å². The fourth-order valence-electron chi connectivity index (χ4n) is 1.30. The topological polar surface area (TPSA) is 24.9 Å². The zero-order valence-electron chi connectivity index (χ0n) is 6.62. The predicted molar refractivity (Wildman–Crippen MR) is 55.5 cm³/mol. The van der Waals surface area contributed by atoms with E-state index in [0.29, 0.717) is 0 Å². The highest BCUT2D eigenvalue weighted by molar-refractivity contribution is 5.85. The number of halogens is 2. The second-order valence-electron chi connectivity index (χ2n) is 2.56. The Bertz CT molecular complexity index is 215. The Morgan fingerprint density at radius 1 is 1.33 bits per heavy atom. The lowest BCUT2D eigenvalue weighted by Crippen LogP contribution is -2.11. The van der Waals surface area contributed by atoms with Gasteiger partial charge in [-0.05, 0) is 24.5 Å². The number of fused-ring (bicyclic) bond motifs is 1. The first kappa shape index (κ1) is 11.5. The number of aryl methyl sites for hydroxylation is 1. The van der Waals surface area contributed by atoms with Crippen LogP contribution in [0, 0.1) is 0 Å². The summed E-state index contributed by atoms with van der Waals surface area (Å²) in [4.78, 5) is 4.06. The summed E-state index contributed by atoms with van der Waals surface area (Å²) in [7, 11) is 0. The molecule has 1 aromatic rings. The Morgan fingerprint density at radius 3 is 2.92 bits per heavy atom.